The van der Waals surface area contributed by atoms with Gasteiger partial charge in [-0.3, -0.25) is 4.84 Å². The van der Waals surface area contributed by atoms with Crippen LogP contribution < -0.4 is 5.48 Å². The minimum atomic E-state index is 0.555. The molecule has 0 fully saturated rings. The van der Waals surface area contributed by atoms with Crippen LogP contribution in [0.1, 0.15) is 5.56 Å². The Hall–Kier alpha value is -0.830. The topological polar surface area (TPSA) is 21.3 Å². The summed E-state index contributed by atoms with van der Waals surface area (Å²) >= 11 is 5.74. The molecule has 1 rings (SSSR count). The SMILES string of the molecule is CNOC/C=C/c1ccc(Cl)cc1. The van der Waals surface area contributed by atoms with Crippen molar-refractivity contribution in [2.45, 2.75) is 0 Å². The van der Waals surface area contributed by atoms with Crippen molar-refractivity contribution >= 4 is 17.7 Å². The first-order chi connectivity index (χ1) is 6.33. The lowest BCUT2D eigenvalue weighted by atomic mass is 10.2. The highest BCUT2D eigenvalue weighted by Gasteiger charge is 1.86. The second kappa shape index (κ2) is 5.75. The molecule has 0 spiro atoms. The summed E-state index contributed by atoms with van der Waals surface area (Å²) in [5.74, 6) is 0. The molecule has 70 valence electrons. The molecule has 0 aromatic heterocycles. The maximum Gasteiger partial charge on any atom is 0.0866 e. The fraction of sp³-hybridized carbons (Fsp3) is 0.200. The van der Waals surface area contributed by atoms with Gasteiger partial charge in [0.15, 0.2) is 0 Å². The van der Waals surface area contributed by atoms with Gasteiger partial charge in [-0.15, -0.1) is 0 Å². The molecule has 2 nitrogen and oxygen atoms in total. The Bertz CT molecular complexity index is 269. The van der Waals surface area contributed by atoms with E-state index >= 15 is 0 Å². The molecule has 0 saturated heterocycles. The van der Waals surface area contributed by atoms with Crippen molar-refractivity contribution < 1.29 is 4.84 Å². The van der Waals surface area contributed by atoms with Crippen molar-refractivity contribution in [2.24, 2.45) is 0 Å². The van der Waals surface area contributed by atoms with Crippen LogP contribution in [0.25, 0.3) is 6.08 Å². The highest BCUT2D eigenvalue weighted by molar-refractivity contribution is 6.30. The normalized spacial score (nSPS) is 10.9. The summed E-state index contributed by atoms with van der Waals surface area (Å²) in [6.07, 6.45) is 3.91. The summed E-state index contributed by atoms with van der Waals surface area (Å²) in [6, 6.07) is 7.64. The van der Waals surface area contributed by atoms with Crippen LogP contribution in [0.4, 0.5) is 0 Å². The number of hydrogen-bond donors (Lipinski definition) is 1. The third-order valence-corrected chi connectivity index (χ3v) is 1.76. The molecule has 1 N–H and O–H groups in total. The molecule has 0 radical (unpaired) electrons. The van der Waals surface area contributed by atoms with Gasteiger partial charge < -0.3 is 0 Å². The van der Waals surface area contributed by atoms with Crippen LogP contribution >= 0.6 is 11.6 Å². The van der Waals surface area contributed by atoms with Crippen LogP contribution in [-0.2, 0) is 4.84 Å². The molecule has 0 aliphatic rings. The van der Waals surface area contributed by atoms with Crippen molar-refractivity contribution in [3.63, 3.8) is 0 Å². The Morgan fingerprint density at radius 2 is 2.08 bits per heavy atom. The van der Waals surface area contributed by atoms with E-state index in [0.29, 0.717) is 6.61 Å². The van der Waals surface area contributed by atoms with Crippen LogP contribution in [-0.4, -0.2) is 13.7 Å². The van der Waals surface area contributed by atoms with Crippen molar-refractivity contribution in [3.8, 4) is 0 Å². The zero-order chi connectivity index (χ0) is 9.52. The zero-order valence-electron chi connectivity index (χ0n) is 7.46. The Labute approximate surface area is 83.1 Å². The van der Waals surface area contributed by atoms with Gasteiger partial charge in [0.05, 0.1) is 6.61 Å². The number of halogens is 1. The fourth-order valence-corrected chi connectivity index (χ4v) is 1.02. The molecule has 1 aromatic carbocycles. The van der Waals surface area contributed by atoms with E-state index in [2.05, 4.69) is 5.48 Å². The molecule has 0 aliphatic heterocycles. The molecule has 0 atom stereocenters. The first-order valence-corrected chi connectivity index (χ1v) is 4.41. The maximum absolute atomic E-state index is 5.74. The summed E-state index contributed by atoms with van der Waals surface area (Å²) in [7, 11) is 1.73. The molecule has 1 aromatic rings. The molecule has 3 heteroatoms. The quantitative estimate of drug-likeness (QED) is 0.592. The van der Waals surface area contributed by atoms with E-state index in [1.54, 1.807) is 7.05 Å². The smallest absolute Gasteiger partial charge is 0.0866 e. The summed E-state index contributed by atoms with van der Waals surface area (Å²) < 4.78 is 0. The summed E-state index contributed by atoms with van der Waals surface area (Å²) in [5, 5.41) is 0.753. The van der Waals surface area contributed by atoms with Crippen molar-refractivity contribution in [1.82, 2.24) is 5.48 Å². The number of hydrogen-bond acceptors (Lipinski definition) is 2. The van der Waals surface area contributed by atoms with Crippen LogP contribution in [0.2, 0.25) is 5.02 Å². The number of hydroxylamine groups is 1. The Kier molecular flexibility index (Phi) is 4.54. The number of benzene rings is 1. The lowest BCUT2D eigenvalue weighted by Gasteiger charge is -1.95. The largest absolute Gasteiger partial charge is 0.298 e. The highest BCUT2D eigenvalue weighted by Crippen LogP contribution is 2.10. The number of rotatable bonds is 4. The lowest BCUT2D eigenvalue weighted by molar-refractivity contribution is 0.0814. The van der Waals surface area contributed by atoms with Gasteiger partial charge in [0.2, 0.25) is 0 Å². The van der Waals surface area contributed by atoms with Crippen molar-refractivity contribution in [3.05, 3.63) is 40.9 Å². The van der Waals surface area contributed by atoms with E-state index in [0.717, 1.165) is 10.6 Å². The fourth-order valence-electron chi connectivity index (χ4n) is 0.890. The first-order valence-electron chi connectivity index (χ1n) is 4.03. The van der Waals surface area contributed by atoms with Gasteiger partial charge in [0.1, 0.15) is 0 Å². The van der Waals surface area contributed by atoms with E-state index in [-0.39, 0.29) is 0 Å². The van der Waals surface area contributed by atoms with Gasteiger partial charge in [-0.2, -0.15) is 0 Å². The monoisotopic (exact) mass is 197 g/mol. The average Bonchev–Trinajstić information content (AvgIpc) is 2.15. The van der Waals surface area contributed by atoms with Gasteiger partial charge in [0.25, 0.3) is 0 Å². The standard InChI is InChI=1S/C10H12ClNO/c1-12-13-8-2-3-9-4-6-10(11)7-5-9/h2-7,12H,8H2,1H3/b3-2+. The minimum absolute atomic E-state index is 0.555. The molecule has 0 saturated carbocycles. The van der Waals surface area contributed by atoms with E-state index in [1.807, 2.05) is 36.4 Å². The van der Waals surface area contributed by atoms with Crippen LogP contribution in [0, 0.1) is 0 Å². The van der Waals surface area contributed by atoms with Gasteiger partial charge in [-0.05, 0) is 17.7 Å². The molecule has 0 aliphatic carbocycles. The zero-order valence-corrected chi connectivity index (χ0v) is 8.21. The molecule has 13 heavy (non-hydrogen) atoms. The molecular weight excluding hydrogens is 186 g/mol. The Morgan fingerprint density at radius 3 is 2.69 bits per heavy atom. The van der Waals surface area contributed by atoms with Gasteiger partial charge in [-0.25, -0.2) is 5.48 Å². The molecule has 0 amide bonds. The first kappa shape index (κ1) is 10.3. The average molecular weight is 198 g/mol. The van der Waals surface area contributed by atoms with Crippen LogP contribution in [0.5, 0.6) is 0 Å². The summed E-state index contributed by atoms with van der Waals surface area (Å²) in [5.41, 5.74) is 3.71. The van der Waals surface area contributed by atoms with Crippen LogP contribution in [0.3, 0.4) is 0 Å². The van der Waals surface area contributed by atoms with Crippen LogP contribution in [0.15, 0.2) is 30.3 Å². The maximum atomic E-state index is 5.74. The second-order valence-electron chi connectivity index (χ2n) is 2.47. The Morgan fingerprint density at radius 1 is 1.38 bits per heavy atom. The van der Waals surface area contributed by atoms with Crippen molar-refractivity contribution in [2.75, 3.05) is 13.7 Å². The van der Waals surface area contributed by atoms with Crippen molar-refractivity contribution in [1.29, 1.82) is 0 Å². The third kappa shape index (κ3) is 4.08. The second-order valence-corrected chi connectivity index (χ2v) is 2.91. The molecular formula is C10H12ClNO. The predicted molar refractivity (Wildman–Crippen MR) is 55.5 cm³/mol. The van der Waals surface area contributed by atoms with Gasteiger partial charge in [-0.1, -0.05) is 35.9 Å². The molecule has 0 bridgehead atoms. The van der Waals surface area contributed by atoms with E-state index in [4.69, 9.17) is 16.4 Å². The van der Waals surface area contributed by atoms with E-state index < -0.39 is 0 Å². The summed E-state index contributed by atoms with van der Waals surface area (Å²) in [6.45, 7) is 0.555. The lowest BCUT2D eigenvalue weighted by Crippen LogP contribution is -2.06. The van der Waals surface area contributed by atoms with E-state index in [9.17, 15) is 0 Å². The van der Waals surface area contributed by atoms with Gasteiger partial charge >= 0.3 is 0 Å². The highest BCUT2D eigenvalue weighted by atomic mass is 35.5. The molecule has 0 unspecified atom stereocenters. The summed E-state index contributed by atoms with van der Waals surface area (Å²) in [4.78, 5) is 4.92. The number of nitrogens with one attached hydrogen (secondary N) is 1. The molecule has 0 heterocycles. The Balaban J connectivity index is 2.44. The van der Waals surface area contributed by atoms with Gasteiger partial charge in [0, 0.05) is 12.1 Å². The van der Waals surface area contributed by atoms with E-state index in [1.165, 1.54) is 0 Å². The predicted octanol–water partition coefficient (Wildman–Crippen LogP) is 2.50. The third-order valence-electron chi connectivity index (χ3n) is 1.50. The minimum Gasteiger partial charge on any atom is -0.298 e.